The molecule has 0 unspecified atom stereocenters. The number of hydrogen-bond acceptors (Lipinski definition) is 3. The van der Waals surface area contributed by atoms with Gasteiger partial charge in [-0.2, -0.15) is 0 Å². The van der Waals surface area contributed by atoms with Crippen LogP contribution in [0, 0.1) is 6.92 Å². The van der Waals surface area contributed by atoms with Crippen LogP contribution >= 0.6 is 11.6 Å². The van der Waals surface area contributed by atoms with Gasteiger partial charge in [-0.15, -0.1) is 0 Å². The molecule has 0 aliphatic heterocycles. The molecule has 0 aliphatic carbocycles. The topological polar surface area (TPSA) is 35.0 Å². The second kappa shape index (κ2) is 4.86. The monoisotopic (exact) mass is 270 g/mol. The van der Waals surface area contributed by atoms with Gasteiger partial charge in [0.25, 0.3) is 0 Å². The molecule has 0 amide bonds. The Labute approximate surface area is 115 Å². The molecule has 0 radical (unpaired) electrons. The number of hydrogen-bond donors (Lipinski definition) is 0. The van der Waals surface area contributed by atoms with Gasteiger partial charge in [-0.3, -0.25) is 0 Å². The molecule has 0 saturated heterocycles. The first-order valence-electron chi connectivity index (χ1n) is 5.89. The Hall–Kier alpha value is -2.13. The van der Waals surface area contributed by atoms with Crippen LogP contribution in [0.5, 0.6) is 11.6 Å². The van der Waals surface area contributed by atoms with E-state index in [1.807, 2.05) is 43.3 Å². The van der Waals surface area contributed by atoms with Crippen LogP contribution in [0.4, 0.5) is 0 Å². The summed E-state index contributed by atoms with van der Waals surface area (Å²) in [5.74, 6) is 1.19. The number of aryl methyl sites for hydroxylation is 1. The van der Waals surface area contributed by atoms with Crippen molar-refractivity contribution in [3.8, 4) is 11.6 Å². The number of ether oxygens (including phenoxy) is 1. The normalized spacial score (nSPS) is 10.6. The zero-order chi connectivity index (χ0) is 13.2. The highest BCUT2D eigenvalue weighted by molar-refractivity contribution is 6.35. The van der Waals surface area contributed by atoms with Crippen LogP contribution in [0.25, 0.3) is 10.9 Å². The van der Waals surface area contributed by atoms with E-state index in [9.17, 15) is 0 Å². The summed E-state index contributed by atoms with van der Waals surface area (Å²) in [6.45, 7) is 1.91. The van der Waals surface area contributed by atoms with Crippen molar-refractivity contribution in [3.63, 3.8) is 0 Å². The quantitative estimate of drug-likeness (QED) is 0.693. The molecule has 3 aromatic rings. The Morgan fingerprint density at radius 3 is 2.79 bits per heavy atom. The molecule has 0 N–H and O–H groups in total. The van der Waals surface area contributed by atoms with E-state index in [1.165, 1.54) is 0 Å². The maximum atomic E-state index is 6.23. The van der Waals surface area contributed by atoms with Gasteiger partial charge in [-0.1, -0.05) is 29.8 Å². The van der Waals surface area contributed by atoms with Crippen molar-refractivity contribution in [2.75, 3.05) is 0 Å². The lowest BCUT2D eigenvalue weighted by Crippen LogP contribution is -1.91. The molecule has 0 saturated carbocycles. The summed E-state index contributed by atoms with van der Waals surface area (Å²) in [7, 11) is 0. The Kier molecular flexibility index (Phi) is 3.05. The number of pyridine rings is 2. The average Bonchev–Trinajstić information content (AvgIpc) is 2.41. The largest absolute Gasteiger partial charge is 0.437 e. The zero-order valence-electron chi connectivity index (χ0n) is 10.3. The molecule has 3 rings (SSSR count). The highest BCUT2D eigenvalue weighted by Gasteiger charge is 2.08. The highest BCUT2D eigenvalue weighted by Crippen LogP contribution is 2.31. The molecule has 94 valence electrons. The smallest absolute Gasteiger partial charge is 0.219 e. The first-order chi connectivity index (χ1) is 9.24. The first-order valence-corrected chi connectivity index (χ1v) is 6.26. The third-order valence-corrected chi connectivity index (χ3v) is 3.05. The maximum Gasteiger partial charge on any atom is 0.219 e. The second-order valence-electron chi connectivity index (χ2n) is 4.17. The van der Waals surface area contributed by atoms with E-state index in [0.29, 0.717) is 16.7 Å². The van der Waals surface area contributed by atoms with Crippen molar-refractivity contribution >= 4 is 22.5 Å². The Morgan fingerprint density at radius 1 is 1.11 bits per heavy atom. The number of rotatable bonds is 2. The van der Waals surface area contributed by atoms with Gasteiger partial charge in [0.15, 0.2) is 5.75 Å². The molecule has 2 heterocycles. The van der Waals surface area contributed by atoms with Crippen LogP contribution < -0.4 is 4.74 Å². The third-order valence-electron chi connectivity index (χ3n) is 2.73. The summed E-state index contributed by atoms with van der Waals surface area (Å²) in [5, 5.41) is 1.55. The van der Waals surface area contributed by atoms with Crippen molar-refractivity contribution in [2.45, 2.75) is 6.92 Å². The molecule has 0 bridgehead atoms. The lowest BCUT2D eigenvalue weighted by molar-refractivity contribution is 0.467. The molecule has 0 atom stereocenters. The van der Waals surface area contributed by atoms with Gasteiger partial charge in [0.05, 0.1) is 5.02 Å². The predicted octanol–water partition coefficient (Wildman–Crippen LogP) is 4.38. The summed E-state index contributed by atoms with van der Waals surface area (Å²) in [5.41, 5.74) is 1.60. The van der Waals surface area contributed by atoms with E-state index in [0.717, 1.165) is 16.6 Å². The van der Waals surface area contributed by atoms with Gasteiger partial charge >= 0.3 is 0 Å². The van der Waals surface area contributed by atoms with Crippen molar-refractivity contribution in [2.24, 2.45) is 0 Å². The number of nitrogens with zero attached hydrogens (tertiary/aromatic N) is 2. The van der Waals surface area contributed by atoms with Crippen LogP contribution in [0.15, 0.2) is 48.7 Å². The van der Waals surface area contributed by atoms with Gasteiger partial charge in [-0.05, 0) is 25.1 Å². The Morgan fingerprint density at radius 2 is 2.00 bits per heavy atom. The average molecular weight is 271 g/mol. The SMILES string of the molecule is Cc1cc(Cl)c2cccc(Oc3ccccn3)c2n1. The molecular formula is C15H11ClN2O. The Bertz CT molecular complexity index is 729. The van der Waals surface area contributed by atoms with E-state index < -0.39 is 0 Å². The molecule has 3 nitrogen and oxygen atoms in total. The molecular weight excluding hydrogens is 260 g/mol. The molecule has 0 aliphatic rings. The molecule has 0 fully saturated rings. The number of fused-ring (bicyclic) bond motifs is 1. The lowest BCUT2D eigenvalue weighted by Gasteiger charge is -2.08. The van der Waals surface area contributed by atoms with Gasteiger partial charge < -0.3 is 4.74 Å². The Balaban J connectivity index is 2.14. The lowest BCUT2D eigenvalue weighted by atomic mass is 10.2. The summed E-state index contributed by atoms with van der Waals surface area (Å²) in [6.07, 6.45) is 1.69. The number of aromatic nitrogens is 2. The van der Waals surface area contributed by atoms with Crippen LogP contribution in [-0.2, 0) is 0 Å². The van der Waals surface area contributed by atoms with Crippen LogP contribution in [0.1, 0.15) is 5.69 Å². The minimum Gasteiger partial charge on any atom is -0.437 e. The van der Waals surface area contributed by atoms with Gasteiger partial charge in [0, 0.05) is 23.3 Å². The fourth-order valence-electron chi connectivity index (χ4n) is 1.90. The molecule has 2 aromatic heterocycles. The summed E-state index contributed by atoms with van der Waals surface area (Å²) in [4.78, 5) is 8.64. The van der Waals surface area contributed by atoms with Crippen molar-refractivity contribution in [1.29, 1.82) is 0 Å². The highest BCUT2D eigenvalue weighted by atomic mass is 35.5. The molecule has 19 heavy (non-hydrogen) atoms. The van der Waals surface area contributed by atoms with E-state index in [-0.39, 0.29) is 0 Å². The van der Waals surface area contributed by atoms with Gasteiger partial charge in [-0.25, -0.2) is 9.97 Å². The fourth-order valence-corrected chi connectivity index (χ4v) is 2.21. The predicted molar refractivity (Wildman–Crippen MR) is 75.8 cm³/mol. The van der Waals surface area contributed by atoms with Crippen LogP contribution in [0.3, 0.4) is 0 Å². The van der Waals surface area contributed by atoms with Crippen LogP contribution in [0.2, 0.25) is 5.02 Å². The third kappa shape index (κ3) is 2.37. The van der Waals surface area contributed by atoms with Gasteiger partial charge in [0.1, 0.15) is 5.52 Å². The van der Waals surface area contributed by atoms with E-state index in [4.69, 9.17) is 16.3 Å². The van der Waals surface area contributed by atoms with E-state index in [2.05, 4.69) is 9.97 Å². The standard InChI is InChI=1S/C15H11ClN2O/c1-10-9-12(16)11-5-4-6-13(15(11)18-10)19-14-7-2-3-8-17-14/h2-9H,1H3. The zero-order valence-corrected chi connectivity index (χ0v) is 11.1. The molecule has 1 aromatic carbocycles. The number of halogens is 1. The minimum absolute atomic E-state index is 0.537. The molecule has 0 spiro atoms. The summed E-state index contributed by atoms with van der Waals surface area (Å²) in [6, 6.07) is 13.0. The van der Waals surface area contributed by atoms with Crippen molar-refractivity contribution in [3.05, 3.63) is 59.4 Å². The van der Waals surface area contributed by atoms with E-state index >= 15 is 0 Å². The van der Waals surface area contributed by atoms with Crippen molar-refractivity contribution < 1.29 is 4.74 Å². The van der Waals surface area contributed by atoms with Crippen molar-refractivity contribution in [1.82, 2.24) is 9.97 Å². The fraction of sp³-hybridized carbons (Fsp3) is 0.0667. The minimum atomic E-state index is 0.537. The second-order valence-corrected chi connectivity index (χ2v) is 4.58. The molecule has 4 heteroatoms. The van der Waals surface area contributed by atoms with Crippen LogP contribution in [-0.4, -0.2) is 9.97 Å². The maximum absolute atomic E-state index is 6.23. The number of para-hydroxylation sites is 1. The summed E-state index contributed by atoms with van der Waals surface area (Å²) >= 11 is 6.23. The summed E-state index contributed by atoms with van der Waals surface area (Å²) < 4.78 is 5.77. The number of benzene rings is 1. The van der Waals surface area contributed by atoms with Gasteiger partial charge in [0.2, 0.25) is 5.88 Å². The first kappa shape index (κ1) is 11.9. The van der Waals surface area contributed by atoms with E-state index in [1.54, 1.807) is 12.3 Å².